The van der Waals surface area contributed by atoms with Gasteiger partial charge in [0.1, 0.15) is 12.4 Å². The summed E-state index contributed by atoms with van der Waals surface area (Å²) in [6, 6.07) is 8.07. The van der Waals surface area contributed by atoms with E-state index in [-0.39, 0.29) is 23.6 Å². The lowest BCUT2D eigenvalue weighted by Crippen LogP contribution is -3.00. The van der Waals surface area contributed by atoms with Gasteiger partial charge in [-0.1, -0.05) is 0 Å². The highest BCUT2D eigenvalue weighted by Crippen LogP contribution is 2.19. The first-order valence-electron chi connectivity index (χ1n) is 5.50. The number of fused-ring (bicyclic) bond motifs is 1. The molecule has 2 rings (SSSR count). The molecule has 0 aliphatic rings. The average molecular weight is 298 g/mol. The largest absolute Gasteiger partial charge is 1.00 e. The van der Waals surface area contributed by atoms with Gasteiger partial charge in [-0.25, -0.2) is 4.57 Å². The number of aromatic nitrogens is 1. The van der Waals surface area contributed by atoms with Crippen LogP contribution in [0, 0.1) is 0 Å². The van der Waals surface area contributed by atoms with Crippen molar-refractivity contribution in [1.82, 2.24) is 0 Å². The van der Waals surface area contributed by atoms with Gasteiger partial charge in [0, 0.05) is 11.5 Å². The number of ether oxygens (including phenoxy) is 1. The van der Waals surface area contributed by atoms with Crippen molar-refractivity contribution in [3.63, 3.8) is 0 Å². The Morgan fingerprint density at radius 2 is 2.06 bits per heavy atom. The zero-order chi connectivity index (χ0) is 11.4. The highest BCUT2D eigenvalue weighted by Gasteiger charge is 2.03. The van der Waals surface area contributed by atoms with Gasteiger partial charge in [0.2, 0.25) is 0 Å². The second kappa shape index (κ2) is 6.57. The van der Waals surface area contributed by atoms with Gasteiger partial charge in [0.05, 0.1) is 6.61 Å². The normalized spacial score (nSPS) is 10.0. The number of rotatable bonds is 4. The maximum absolute atomic E-state index is 8.87. The van der Waals surface area contributed by atoms with Crippen LogP contribution in [0.1, 0.15) is 6.92 Å². The number of pyridine rings is 1. The van der Waals surface area contributed by atoms with Crippen LogP contribution in [0.3, 0.4) is 0 Å². The Morgan fingerprint density at radius 3 is 2.76 bits per heavy atom. The second-order valence-electron chi connectivity index (χ2n) is 3.63. The summed E-state index contributed by atoms with van der Waals surface area (Å²) >= 11 is 0. The van der Waals surface area contributed by atoms with Crippen LogP contribution >= 0.6 is 0 Å². The summed E-state index contributed by atoms with van der Waals surface area (Å²) in [6.07, 6.45) is 4.00. The van der Waals surface area contributed by atoms with E-state index in [4.69, 9.17) is 9.84 Å². The fourth-order valence-electron chi connectivity index (χ4n) is 1.72. The molecule has 0 unspecified atom stereocenters. The van der Waals surface area contributed by atoms with Crippen LogP contribution in [0.2, 0.25) is 0 Å². The molecule has 3 nitrogen and oxygen atoms in total. The van der Waals surface area contributed by atoms with Crippen molar-refractivity contribution in [3.05, 3.63) is 36.7 Å². The average Bonchev–Trinajstić information content (AvgIpc) is 2.30. The molecule has 1 aromatic carbocycles. The van der Waals surface area contributed by atoms with Crippen LogP contribution in [-0.4, -0.2) is 18.3 Å². The molecule has 17 heavy (non-hydrogen) atoms. The minimum atomic E-state index is 0. The third kappa shape index (κ3) is 3.41. The van der Waals surface area contributed by atoms with E-state index in [1.165, 1.54) is 0 Å². The minimum Gasteiger partial charge on any atom is -1.00 e. The fourth-order valence-corrected chi connectivity index (χ4v) is 1.72. The number of hydrogen-bond donors (Lipinski definition) is 1. The van der Waals surface area contributed by atoms with Crippen molar-refractivity contribution < 1.29 is 31.4 Å². The van der Waals surface area contributed by atoms with Gasteiger partial charge in [0.15, 0.2) is 18.9 Å². The standard InChI is InChI=1S/C13H16NO2.BrH/c1-2-16-13-4-3-12-10-14(7-8-15)6-5-11(12)9-13;/h3-6,9-10,15H,2,7-8H2,1H3;1H/q+1;/p-1. The molecule has 0 amide bonds. The number of halogens is 1. The molecule has 0 aliphatic carbocycles. The molecule has 4 heteroatoms. The summed E-state index contributed by atoms with van der Waals surface area (Å²) in [5.41, 5.74) is 0. The fraction of sp³-hybridized carbons (Fsp3) is 0.308. The number of benzene rings is 1. The molecule has 1 aromatic heterocycles. The second-order valence-corrected chi connectivity index (χ2v) is 3.63. The molecular weight excluding hydrogens is 282 g/mol. The lowest BCUT2D eigenvalue weighted by atomic mass is 10.2. The van der Waals surface area contributed by atoms with E-state index in [1.54, 1.807) is 0 Å². The molecule has 1 heterocycles. The Bertz CT molecular complexity index is 443. The monoisotopic (exact) mass is 297 g/mol. The number of hydrogen-bond acceptors (Lipinski definition) is 2. The molecule has 0 fully saturated rings. The van der Waals surface area contributed by atoms with E-state index in [9.17, 15) is 0 Å². The van der Waals surface area contributed by atoms with Crippen molar-refractivity contribution in [3.8, 4) is 5.75 Å². The van der Waals surface area contributed by atoms with Crippen molar-refractivity contribution in [2.75, 3.05) is 13.2 Å². The molecular formula is C13H16BrNO2. The predicted molar refractivity (Wildman–Crippen MR) is 62.4 cm³/mol. The topological polar surface area (TPSA) is 33.3 Å². The molecule has 1 N–H and O–H groups in total. The molecule has 0 aliphatic heterocycles. The summed E-state index contributed by atoms with van der Waals surface area (Å²) in [4.78, 5) is 0. The highest BCUT2D eigenvalue weighted by molar-refractivity contribution is 5.82. The van der Waals surface area contributed by atoms with Crippen LogP contribution in [0.5, 0.6) is 5.75 Å². The molecule has 0 bridgehead atoms. The summed E-state index contributed by atoms with van der Waals surface area (Å²) in [7, 11) is 0. The van der Waals surface area contributed by atoms with Gasteiger partial charge in [-0.05, 0) is 30.5 Å². The maximum atomic E-state index is 8.87. The van der Waals surface area contributed by atoms with Gasteiger partial charge in [-0.15, -0.1) is 0 Å². The highest BCUT2D eigenvalue weighted by atomic mass is 79.9. The Morgan fingerprint density at radius 1 is 1.24 bits per heavy atom. The van der Waals surface area contributed by atoms with E-state index in [0.29, 0.717) is 13.2 Å². The van der Waals surface area contributed by atoms with Gasteiger partial charge in [-0.3, -0.25) is 0 Å². The predicted octanol–water partition coefficient (Wildman–Crippen LogP) is -1.48. The van der Waals surface area contributed by atoms with Gasteiger partial charge >= 0.3 is 0 Å². The maximum Gasteiger partial charge on any atom is 0.176 e. The quantitative estimate of drug-likeness (QED) is 0.699. The summed E-state index contributed by atoms with van der Waals surface area (Å²) < 4.78 is 7.42. The molecule has 2 aromatic rings. The van der Waals surface area contributed by atoms with E-state index in [2.05, 4.69) is 0 Å². The van der Waals surface area contributed by atoms with Crippen molar-refractivity contribution in [1.29, 1.82) is 0 Å². The SMILES string of the molecule is CCOc1ccc2c[n+](CCO)ccc2c1.[Br-]. The smallest absolute Gasteiger partial charge is 0.176 e. The van der Waals surface area contributed by atoms with Crippen LogP contribution in [0.4, 0.5) is 0 Å². The third-order valence-electron chi connectivity index (χ3n) is 2.48. The Hall–Kier alpha value is -1.13. The van der Waals surface area contributed by atoms with Gasteiger partial charge in [-0.2, -0.15) is 0 Å². The number of aliphatic hydroxyl groups is 1. The van der Waals surface area contributed by atoms with Crippen LogP contribution < -0.4 is 26.3 Å². The van der Waals surface area contributed by atoms with Crippen LogP contribution in [0.25, 0.3) is 10.8 Å². The molecule has 0 radical (unpaired) electrons. The molecule has 92 valence electrons. The molecule has 0 saturated heterocycles. The van der Waals surface area contributed by atoms with Gasteiger partial charge in [0.25, 0.3) is 0 Å². The van der Waals surface area contributed by atoms with Crippen LogP contribution in [0.15, 0.2) is 36.7 Å². The first kappa shape index (κ1) is 13.9. The molecule has 0 saturated carbocycles. The van der Waals surface area contributed by atoms with E-state index < -0.39 is 0 Å². The minimum absolute atomic E-state index is 0. The zero-order valence-corrected chi connectivity index (χ0v) is 11.4. The van der Waals surface area contributed by atoms with Crippen molar-refractivity contribution >= 4 is 10.8 Å². The summed E-state index contributed by atoms with van der Waals surface area (Å²) in [5.74, 6) is 0.898. The Labute approximate surface area is 111 Å². The summed E-state index contributed by atoms with van der Waals surface area (Å²) in [5, 5.41) is 11.2. The third-order valence-corrected chi connectivity index (χ3v) is 2.48. The first-order valence-corrected chi connectivity index (χ1v) is 5.50. The van der Waals surface area contributed by atoms with Crippen molar-refractivity contribution in [2.24, 2.45) is 0 Å². The van der Waals surface area contributed by atoms with Crippen LogP contribution in [-0.2, 0) is 6.54 Å². The van der Waals surface area contributed by atoms with E-state index in [1.807, 2.05) is 48.1 Å². The molecule has 0 spiro atoms. The lowest BCUT2D eigenvalue weighted by molar-refractivity contribution is -0.696. The molecule has 0 atom stereocenters. The van der Waals surface area contributed by atoms with Crippen molar-refractivity contribution in [2.45, 2.75) is 13.5 Å². The first-order chi connectivity index (χ1) is 7.83. The Balaban J connectivity index is 0.00000144. The lowest BCUT2D eigenvalue weighted by Gasteiger charge is -2.03. The number of aliphatic hydroxyl groups excluding tert-OH is 1. The summed E-state index contributed by atoms with van der Waals surface area (Å²) in [6.45, 7) is 3.45. The number of nitrogens with zero attached hydrogens (tertiary/aromatic N) is 1. The van der Waals surface area contributed by atoms with Gasteiger partial charge < -0.3 is 26.8 Å². The zero-order valence-electron chi connectivity index (χ0n) is 9.77. The Kier molecular flexibility index (Phi) is 5.38. The van der Waals surface area contributed by atoms with E-state index >= 15 is 0 Å². The van der Waals surface area contributed by atoms with E-state index in [0.717, 1.165) is 16.5 Å².